The van der Waals surface area contributed by atoms with Crippen molar-refractivity contribution in [2.24, 2.45) is 0 Å². The van der Waals surface area contributed by atoms with Crippen molar-refractivity contribution < 1.29 is 14.3 Å². The number of anilines is 1. The van der Waals surface area contributed by atoms with Crippen molar-refractivity contribution in [3.05, 3.63) is 47.3 Å². The molecule has 28 heavy (non-hydrogen) atoms. The number of ether oxygens (including phenoxy) is 1. The van der Waals surface area contributed by atoms with E-state index in [-0.39, 0.29) is 11.8 Å². The first kappa shape index (κ1) is 18.6. The maximum atomic E-state index is 12.9. The number of aromatic amines is 1. The SMILES string of the molecule is COc1ccc(C(=O)N2CCN(C)CC2)cc1NC(=O)c1cc[nH]c1C1CC1. The molecule has 1 aromatic heterocycles. The molecule has 0 spiro atoms. The Kier molecular flexibility index (Phi) is 5.09. The predicted octanol–water partition coefficient (Wildman–Crippen LogP) is 2.54. The van der Waals surface area contributed by atoms with Gasteiger partial charge in [0.2, 0.25) is 0 Å². The average molecular weight is 382 g/mol. The molecule has 1 aliphatic carbocycles. The van der Waals surface area contributed by atoms with Crippen LogP contribution in [0.1, 0.15) is 45.2 Å². The van der Waals surface area contributed by atoms with E-state index in [9.17, 15) is 9.59 Å². The number of hydrogen-bond donors (Lipinski definition) is 2. The third-order valence-corrected chi connectivity index (χ3v) is 5.49. The molecule has 2 amide bonds. The monoisotopic (exact) mass is 382 g/mol. The zero-order chi connectivity index (χ0) is 19.7. The number of carbonyl (C=O) groups is 2. The van der Waals surface area contributed by atoms with Crippen LogP contribution in [0.3, 0.4) is 0 Å². The van der Waals surface area contributed by atoms with Gasteiger partial charge < -0.3 is 24.8 Å². The van der Waals surface area contributed by atoms with Gasteiger partial charge in [0.15, 0.2) is 0 Å². The van der Waals surface area contributed by atoms with Gasteiger partial charge in [0.1, 0.15) is 5.75 Å². The van der Waals surface area contributed by atoms with Crippen molar-refractivity contribution >= 4 is 17.5 Å². The highest BCUT2D eigenvalue weighted by Crippen LogP contribution is 2.41. The summed E-state index contributed by atoms with van der Waals surface area (Å²) >= 11 is 0. The maximum absolute atomic E-state index is 12.9. The summed E-state index contributed by atoms with van der Waals surface area (Å²) in [5.41, 5.74) is 2.70. The number of nitrogens with one attached hydrogen (secondary N) is 2. The van der Waals surface area contributed by atoms with Crippen LogP contribution in [0.4, 0.5) is 5.69 Å². The third kappa shape index (κ3) is 3.75. The lowest BCUT2D eigenvalue weighted by molar-refractivity contribution is 0.0664. The minimum Gasteiger partial charge on any atom is -0.495 e. The lowest BCUT2D eigenvalue weighted by atomic mass is 10.1. The lowest BCUT2D eigenvalue weighted by Gasteiger charge is -2.32. The normalized spacial score (nSPS) is 17.4. The van der Waals surface area contributed by atoms with E-state index in [1.54, 1.807) is 37.6 Å². The molecule has 0 atom stereocenters. The van der Waals surface area contributed by atoms with Crippen LogP contribution in [0, 0.1) is 0 Å². The van der Waals surface area contributed by atoms with Gasteiger partial charge in [0.25, 0.3) is 11.8 Å². The van der Waals surface area contributed by atoms with Crippen molar-refractivity contribution in [3.8, 4) is 5.75 Å². The number of aromatic nitrogens is 1. The fraction of sp³-hybridized carbons (Fsp3) is 0.429. The van der Waals surface area contributed by atoms with Crippen molar-refractivity contribution in [2.75, 3.05) is 45.7 Å². The molecule has 1 saturated carbocycles. The summed E-state index contributed by atoms with van der Waals surface area (Å²) in [6.07, 6.45) is 4.02. The Hall–Kier alpha value is -2.80. The van der Waals surface area contributed by atoms with Crippen LogP contribution in [0.5, 0.6) is 5.75 Å². The fourth-order valence-corrected chi connectivity index (χ4v) is 3.61. The average Bonchev–Trinajstić information content (AvgIpc) is 3.44. The number of hydrogen-bond acceptors (Lipinski definition) is 4. The molecule has 4 rings (SSSR count). The fourth-order valence-electron chi connectivity index (χ4n) is 3.61. The molecule has 2 fully saturated rings. The highest BCUT2D eigenvalue weighted by atomic mass is 16.5. The molecule has 0 radical (unpaired) electrons. The number of piperazine rings is 1. The minimum atomic E-state index is -0.189. The van der Waals surface area contributed by atoms with Gasteiger partial charge in [0.05, 0.1) is 18.4 Å². The van der Waals surface area contributed by atoms with E-state index in [1.165, 1.54) is 0 Å². The van der Waals surface area contributed by atoms with E-state index in [2.05, 4.69) is 22.2 Å². The molecule has 7 nitrogen and oxygen atoms in total. The van der Waals surface area contributed by atoms with Gasteiger partial charge in [-0.15, -0.1) is 0 Å². The molecule has 1 aromatic carbocycles. The zero-order valence-electron chi connectivity index (χ0n) is 16.3. The van der Waals surface area contributed by atoms with Crippen LogP contribution in [0.2, 0.25) is 0 Å². The van der Waals surface area contributed by atoms with E-state index < -0.39 is 0 Å². The third-order valence-electron chi connectivity index (χ3n) is 5.49. The number of likely N-dealkylation sites (N-methyl/N-ethyl adjacent to an activating group) is 1. The molecule has 2 aliphatic rings. The Labute approximate surface area is 164 Å². The molecule has 148 valence electrons. The van der Waals surface area contributed by atoms with Gasteiger partial charge in [0, 0.05) is 43.6 Å². The molecule has 2 heterocycles. The van der Waals surface area contributed by atoms with Crippen LogP contribution in [0.25, 0.3) is 0 Å². The number of amides is 2. The van der Waals surface area contributed by atoms with Gasteiger partial charge >= 0.3 is 0 Å². The molecule has 2 aromatic rings. The number of H-pyrrole nitrogens is 1. The molecule has 1 aliphatic heterocycles. The van der Waals surface area contributed by atoms with Crippen molar-refractivity contribution in [1.29, 1.82) is 0 Å². The standard InChI is InChI=1S/C21H26N4O3/c1-24-9-11-25(12-10-24)21(27)15-5-6-18(28-2)17(13-15)23-20(26)16-7-8-22-19(16)14-3-4-14/h5-8,13-14,22H,3-4,9-12H2,1-2H3,(H,23,26). The Morgan fingerprint density at radius 2 is 1.89 bits per heavy atom. The Bertz CT molecular complexity index is 880. The summed E-state index contributed by atoms with van der Waals surface area (Å²) in [7, 11) is 3.61. The summed E-state index contributed by atoms with van der Waals surface area (Å²) in [5.74, 6) is 0.770. The second-order valence-corrected chi connectivity index (χ2v) is 7.54. The van der Waals surface area contributed by atoms with E-state index >= 15 is 0 Å². The summed E-state index contributed by atoms with van der Waals surface area (Å²) in [6, 6.07) is 6.99. The van der Waals surface area contributed by atoms with E-state index in [4.69, 9.17) is 4.74 Å². The Morgan fingerprint density at radius 1 is 1.14 bits per heavy atom. The van der Waals surface area contributed by atoms with Gasteiger partial charge in [-0.2, -0.15) is 0 Å². The van der Waals surface area contributed by atoms with Crippen molar-refractivity contribution in [3.63, 3.8) is 0 Å². The van der Waals surface area contributed by atoms with Crippen LogP contribution < -0.4 is 10.1 Å². The van der Waals surface area contributed by atoms with Crippen molar-refractivity contribution in [2.45, 2.75) is 18.8 Å². The highest BCUT2D eigenvalue weighted by molar-refractivity contribution is 6.07. The number of rotatable bonds is 5. The summed E-state index contributed by atoms with van der Waals surface area (Å²) in [4.78, 5) is 32.9. The quantitative estimate of drug-likeness (QED) is 0.833. The van der Waals surface area contributed by atoms with Crippen molar-refractivity contribution in [1.82, 2.24) is 14.8 Å². The molecule has 2 N–H and O–H groups in total. The van der Waals surface area contributed by atoms with Crippen LogP contribution in [-0.2, 0) is 0 Å². The minimum absolute atomic E-state index is 0.0217. The Balaban J connectivity index is 1.54. The zero-order valence-corrected chi connectivity index (χ0v) is 16.3. The van der Waals surface area contributed by atoms with E-state index in [0.717, 1.165) is 31.6 Å². The van der Waals surface area contributed by atoms with Crippen LogP contribution in [0.15, 0.2) is 30.5 Å². The molecular formula is C21H26N4O3. The smallest absolute Gasteiger partial charge is 0.257 e. The summed E-state index contributed by atoms with van der Waals surface area (Å²) in [6.45, 7) is 3.14. The molecule has 0 unspecified atom stereocenters. The lowest BCUT2D eigenvalue weighted by Crippen LogP contribution is -2.47. The Morgan fingerprint density at radius 3 is 2.57 bits per heavy atom. The van der Waals surface area contributed by atoms with E-state index in [0.29, 0.717) is 41.6 Å². The molecule has 7 heteroatoms. The maximum Gasteiger partial charge on any atom is 0.257 e. The van der Waals surface area contributed by atoms with E-state index in [1.807, 2.05) is 4.90 Å². The molecule has 0 bridgehead atoms. The van der Waals surface area contributed by atoms with Gasteiger partial charge in [-0.3, -0.25) is 9.59 Å². The highest BCUT2D eigenvalue weighted by Gasteiger charge is 2.29. The van der Waals surface area contributed by atoms with Crippen LogP contribution >= 0.6 is 0 Å². The number of carbonyl (C=O) groups excluding carboxylic acids is 2. The first-order chi connectivity index (χ1) is 13.6. The van der Waals surface area contributed by atoms with Crippen LogP contribution in [-0.4, -0.2) is 66.9 Å². The first-order valence-corrected chi connectivity index (χ1v) is 9.71. The second kappa shape index (κ2) is 7.67. The summed E-state index contributed by atoms with van der Waals surface area (Å²) < 4.78 is 5.39. The van der Waals surface area contributed by atoms with Gasteiger partial charge in [-0.1, -0.05) is 0 Å². The van der Waals surface area contributed by atoms with Gasteiger partial charge in [-0.05, 0) is 50.1 Å². The molecular weight excluding hydrogens is 356 g/mol. The first-order valence-electron chi connectivity index (χ1n) is 9.71. The summed E-state index contributed by atoms with van der Waals surface area (Å²) in [5, 5.41) is 2.93. The predicted molar refractivity (Wildman–Crippen MR) is 107 cm³/mol. The number of nitrogens with zero attached hydrogens (tertiary/aromatic N) is 2. The number of benzene rings is 1. The topological polar surface area (TPSA) is 77.7 Å². The second-order valence-electron chi connectivity index (χ2n) is 7.54. The largest absolute Gasteiger partial charge is 0.495 e. The molecule has 1 saturated heterocycles. The van der Waals surface area contributed by atoms with Gasteiger partial charge in [-0.25, -0.2) is 0 Å². The number of methoxy groups -OCH3 is 1.